The van der Waals surface area contributed by atoms with Gasteiger partial charge in [-0.25, -0.2) is 4.98 Å². The number of aliphatic imine (C=N–C) groups is 1. The van der Waals surface area contributed by atoms with Crippen molar-refractivity contribution in [2.75, 3.05) is 19.6 Å². The van der Waals surface area contributed by atoms with Crippen LogP contribution >= 0.6 is 35.3 Å². The minimum absolute atomic E-state index is 0. The normalized spacial score (nSPS) is 12.1. The lowest BCUT2D eigenvalue weighted by Gasteiger charge is -2.11. The number of aromatic amines is 1. The second-order valence-corrected chi connectivity index (χ2v) is 7.11. The molecule has 0 amide bonds. The van der Waals surface area contributed by atoms with Gasteiger partial charge in [0.1, 0.15) is 0 Å². The molecule has 3 N–H and O–H groups in total. The van der Waals surface area contributed by atoms with Gasteiger partial charge in [-0.05, 0) is 25.0 Å². The number of rotatable bonds is 7. The van der Waals surface area contributed by atoms with Crippen LogP contribution in [0.5, 0.6) is 0 Å². The Balaban J connectivity index is 0.00000300. The molecule has 0 atom stereocenters. The first kappa shape index (κ1) is 23.5. The summed E-state index contributed by atoms with van der Waals surface area (Å²) < 4.78 is 37.8. The summed E-state index contributed by atoms with van der Waals surface area (Å²) in [4.78, 5) is 11.3. The van der Waals surface area contributed by atoms with Crippen molar-refractivity contribution in [3.63, 3.8) is 0 Å². The second kappa shape index (κ2) is 10.8. The highest BCUT2D eigenvalue weighted by atomic mass is 127. The third-order valence-corrected chi connectivity index (χ3v) is 5.05. The first-order valence-corrected chi connectivity index (χ1v) is 9.94. The van der Waals surface area contributed by atoms with Crippen LogP contribution in [0.3, 0.4) is 0 Å². The minimum atomic E-state index is -4.39. The number of para-hydroxylation sites is 1. The van der Waals surface area contributed by atoms with Gasteiger partial charge in [-0.2, -0.15) is 13.2 Å². The molecular formula is C19H23F3IN5S. The zero-order valence-corrected chi connectivity index (χ0v) is 19.0. The lowest BCUT2D eigenvalue weighted by molar-refractivity contribution is -0.140. The van der Waals surface area contributed by atoms with Crippen molar-refractivity contribution >= 4 is 52.2 Å². The number of nitrogens with zero attached hydrogens (tertiary/aromatic N) is 2. The van der Waals surface area contributed by atoms with Gasteiger partial charge in [-0.1, -0.05) is 18.2 Å². The van der Waals surface area contributed by atoms with Crippen molar-refractivity contribution in [3.8, 4) is 0 Å². The van der Waals surface area contributed by atoms with Gasteiger partial charge < -0.3 is 15.6 Å². The van der Waals surface area contributed by atoms with E-state index in [2.05, 4.69) is 31.7 Å². The van der Waals surface area contributed by atoms with Crippen LogP contribution in [-0.4, -0.2) is 35.6 Å². The molecule has 10 heteroatoms. The predicted octanol–water partition coefficient (Wildman–Crippen LogP) is 4.60. The summed E-state index contributed by atoms with van der Waals surface area (Å²) in [6, 6.07) is 8.14. The molecule has 3 rings (SSSR count). The van der Waals surface area contributed by atoms with E-state index in [1.807, 2.05) is 31.3 Å². The molecule has 0 bridgehead atoms. The maximum absolute atomic E-state index is 12.6. The molecule has 0 saturated carbocycles. The first-order chi connectivity index (χ1) is 13.5. The van der Waals surface area contributed by atoms with Gasteiger partial charge in [-0.15, -0.1) is 35.3 Å². The molecule has 2 aromatic heterocycles. The Bertz CT molecular complexity index is 935. The monoisotopic (exact) mass is 537 g/mol. The van der Waals surface area contributed by atoms with Crippen molar-refractivity contribution in [3.05, 3.63) is 52.1 Å². The zero-order chi connectivity index (χ0) is 20.0. The van der Waals surface area contributed by atoms with E-state index in [0.717, 1.165) is 28.7 Å². The molecule has 3 aromatic rings. The summed E-state index contributed by atoms with van der Waals surface area (Å²) in [5, 5.41) is 9.10. The SMILES string of the molecule is CCNC(=NCCc1nc(C(F)(F)F)cs1)NCCc1c[nH]c2ccccc12.I. The number of aromatic nitrogens is 2. The standard InChI is InChI=1S/C19H22F3N5S.HI/c1-2-23-18(25-10-8-17-27-16(12-28-17)19(20,21)22)24-9-7-13-11-26-15-6-4-3-5-14(13)15;/h3-6,11-12,26H,2,7-10H2,1H3,(H2,23,24,25);1H. The highest BCUT2D eigenvalue weighted by Gasteiger charge is 2.33. The van der Waals surface area contributed by atoms with E-state index in [-0.39, 0.29) is 24.0 Å². The lowest BCUT2D eigenvalue weighted by Crippen LogP contribution is -2.38. The molecule has 0 saturated heterocycles. The number of H-pyrrole nitrogens is 1. The van der Waals surface area contributed by atoms with Crippen LogP contribution in [0.15, 0.2) is 40.8 Å². The fourth-order valence-corrected chi connectivity index (χ4v) is 3.61. The van der Waals surface area contributed by atoms with Crippen LogP contribution in [-0.2, 0) is 19.0 Å². The molecular weight excluding hydrogens is 514 g/mol. The van der Waals surface area contributed by atoms with Gasteiger partial charge in [0.05, 0.1) is 5.01 Å². The number of benzene rings is 1. The number of thiazole rings is 1. The molecule has 2 heterocycles. The maximum atomic E-state index is 12.6. The van der Waals surface area contributed by atoms with Crippen molar-refractivity contribution in [2.24, 2.45) is 4.99 Å². The summed E-state index contributed by atoms with van der Waals surface area (Å²) in [6.45, 7) is 3.73. The minimum Gasteiger partial charge on any atom is -0.361 e. The van der Waals surface area contributed by atoms with E-state index in [1.165, 1.54) is 10.9 Å². The van der Waals surface area contributed by atoms with Crippen molar-refractivity contribution in [2.45, 2.75) is 25.9 Å². The van der Waals surface area contributed by atoms with E-state index in [9.17, 15) is 13.2 Å². The number of nitrogens with one attached hydrogen (secondary N) is 3. The Labute approximate surface area is 188 Å². The average Bonchev–Trinajstić information content (AvgIpc) is 3.29. The fourth-order valence-electron chi connectivity index (χ4n) is 2.82. The molecule has 29 heavy (non-hydrogen) atoms. The molecule has 0 spiro atoms. The first-order valence-electron chi connectivity index (χ1n) is 9.06. The summed E-state index contributed by atoms with van der Waals surface area (Å²) in [7, 11) is 0. The molecule has 0 unspecified atom stereocenters. The molecule has 0 aliphatic heterocycles. The van der Waals surface area contributed by atoms with E-state index in [4.69, 9.17) is 0 Å². The zero-order valence-electron chi connectivity index (χ0n) is 15.8. The molecule has 5 nitrogen and oxygen atoms in total. The van der Waals surface area contributed by atoms with Crippen LogP contribution in [0.2, 0.25) is 0 Å². The molecule has 0 fully saturated rings. The molecule has 0 aliphatic carbocycles. The van der Waals surface area contributed by atoms with Crippen molar-refractivity contribution in [1.82, 2.24) is 20.6 Å². The van der Waals surface area contributed by atoms with Crippen LogP contribution < -0.4 is 10.6 Å². The Kier molecular flexibility index (Phi) is 8.75. The third kappa shape index (κ3) is 6.59. The van der Waals surface area contributed by atoms with Crippen LogP contribution in [0.1, 0.15) is 23.2 Å². The van der Waals surface area contributed by atoms with Crippen LogP contribution in [0.4, 0.5) is 13.2 Å². The number of hydrogen-bond acceptors (Lipinski definition) is 3. The lowest BCUT2D eigenvalue weighted by atomic mass is 10.1. The second-order valence-electron chi connectivity index (χ2n) is 6.17. The Hall–Kier alpha value is -1.82. The van der Waals surface area contributed by atoms with Crippen molar-refractivity contribution < 1.29 is 13.2 Å². The number of halogens is 4. The van der Waals surface area contributed by atoms with E-state index >= 15 is 0 Å². The smallest absolute Gasteiger partial charge is 0.361 e. The highest BCUT2D eigenvalue weighted by Crippen LogP contribution is 2.30. The van der Waals surface area contributed by atoms with Gasteiger partial charge in [0.2, 0.25) is 0 Å². The van der Waals surface area contributed by atoms with Gasteiger partial charge in [0.15, 0.2) is 11.7 Å². The molecule has 0 radical (unpaired) electrons. The average molecular weight is 537 g/mol. The summed E-state index contributed by atoms with van der Waals surface area (Å²) >= 11 is 1.01. The van der Waals surface area contributed by atoms with Crippen molar-refractivity contribution in [1.29, 1.82) is 0 Å². The Morgan fingerprint density at radius 2 is 2.00 bits per heavy atom. The van der Waals surface area contributed by atoms with E-state index < -0.39 is 11.9 Å². The summed E-state index contributed by atoms with van der Waals surface area (Å²) in [6.07, 6.45) is -1.18. The van der Waals surface area contributed by atoms with E-state index in [0.29, 0.717) is 37.0 Å². The number of hydrogen-bond donors (Lipinski definition) is 3. The Morgan fingerprint density at radius 1 is 1.21 bits per heavy atom. The maximum Gasteiger partial charge on any atom is 0.434 e. The van der Waals surface area contributed by atoms with E-state index in [1.54, 1.807) is 0 Å². The number of fused-ring (bicyclic) bond motifs is 1. The van der Waals surface area contributed by atoms with Gasteiger partial charge >= 0.3 is 6.18 Å². The molecule has 158 valence electrons. The van der Waals surface area contributed by atoms with Crippen LogP contribution in [0, 0.1) is 0 Å². The third-order valence-electron chi connectivity index (χ3n) is 4.14. The number of guanidine groups is 1. The predicted molar refractivity (Wildman–Crippen MR) is 122 cm³/mol. The summed E-state index contributed by atoms with van der Waals surface area (Å²) in [5.74, 6) is 0.648. The van der Waals surface area contributed by atoms with Gasteiger partial charge in [-0.3, -0.25) is 4.99 Å². The quantitative estimate of drug-likeness (QED) is 0.235. The number of alkyl halides is 3. The van der Waals surface area contributed by atoms with Gasteiger partial charge in [0, 0.05) is 48.5 Å². The van der Waals surface area contributed by atoms with Gasteiger partial charge in [0.25, 0.3) is 0 Å². The molecule has 1 aromatic carbocycles. The highest BCUT2D eigenvalue weighted by molar-refractivity contribution is 14.0. The molecule has 0 aliphatic rings. The Morgan fingerprint density at radius 3 is 2.72 bits per heavy atom. The van der Waals surface area contributed by atoms with Crippen LogP contribution in [0.25, 0.3) is 10.9 Å². The summed E-state index contributed by atoms with van der Waals surface area (Å²) in [5.41, 5.74) is 1.50. The largest absolute Gasteiger partial charge is 0.434 e. The fraction of sp³-hybridized carbons (Fsp3) is 0.368. The topological polar surface area (TPSA) is 65.1 Å².